The van der Waals surface area contributed by atoms with Gasteiger partial charge in [0, 0.05) is 5.56 Å². The molecule has 0 N–H and O–H groups in total. The Balaban J connectivity index is 2.55. The fourth-order valence-corrected chi connectivity index (χ4v) is 2.18. The second-order valence-electron chi connectivity index (χ2n) is 3.07. The zero-order chi connectivity index (χ0) is 10.8. The van der Waals surface area contributed by atoms with Crippen LogP contribution in [0.25, 0.3) is 10.6 Å². The minimum atomic E-state index is -0.316. The number of hydrogen-bond donors (Lipinski definition) is 0. The first-order chi connectivity index (χ1) is 7.22. The Morgan fingerprint density at radius 1 is 1.40 bits per heavy atom. The molecule has 0 aliphatic carbocycles. The van der Waals surface area contributed by atoms with Crippen molar-refractivity contribution in [1.29, 1.82) is 0 Å². The predicted octanol–water partition coefficient (Wildman–Crippen LogP) is 3.07. The molecule has 0 aliphatic rings. The first kappa shape index (κ1) is 9.98. The summed E-state index contributed by atoms with van der Waals surface area (Å²) in [6.45, 7) is 1.74. The highest BCUT2D eigenvalue weighted by Gasteiger charge is 2.11. The van der Waals surface area contributed by atoms with Gasteiger partial charge in [-0.15, -0.1) is 11.3 Å². The first-order valence-electron chi connectivity index (χ1n) is 4.40. The monoisotopic (exact) mass is 221 g/mol. The molecule has 76 valence electrons. The zero-order valence-electron chi connectivity index (χ0n) is 8.03. The summed E-state index contributed by atoms with van der Waals surface area (Å²) >= 11 is 1.21. The topological polar surface area (TPSA) is 30.0 Å². The Morgan fingerprint density at radius 3 is 2.73 bits per heavy atom. The van der Waals surface area contributed by atoms with E-state index < -0.39 is 0 Å². The van der Waals surface area contributed by atoms with Crippen LogP contribution in [0, 0.1) is 12.7 Å². The summed E-state index contributed by atoms with van der Waals surface area (Å²) in [5.41, 5.74) is 1.09. The lowest BCUT2D eigenvalue weighted by Crippen LogP contribution is -1.82. The largest absolute Gasteiger partial charge is 0.297 e. The van der Waals surface area contributed by atoms with Crippen molar-refractivity contribution in [3.05, 3.63) is 40.7 Å². The minimum Gasteiger partial charge on any atom is -0.297 e. The van der Waals surface area contributed by atoms with E-state index in [-0.39, 0.29) is 5.82 Å². The average molecular weight is 221 g/mol. The van der Waals surface area contributed by atoms with Crippen LogP contribution in [0.3, 0.4) is 0 Å². The van der Waals surface area contributed by atoms with Crippen molar-refractivity contribution in [2.75, 3.05) is 0 Å². The van der Waals surface area contributed by atoms with Crippen molar-refractivity contribution >= 4 is 17.6 Å². The number of aldehydes is 1. The van der Waals surface area contributed by atoms with Crippen molar-refractivity contribution in [2.24, 2.45) is 0 Å². The van der Waals surface area contributed by atoms with Crippen LogP contribution in [0.4, 0.5) is 4.39 Å². The van der Waals surface area contributed by atoms with Gasteiger partial charge in [0.2, 0.25) is 0 Å². The molecule has 0 aliphatic heterocycles. The average Bonchev–Trinajstić information content (AvgIpc) is 2.60. The second kappa shape index (κ2) is 3.90. The van der Waals surface area contributed by atoms with Crippen LogP contribution >= 0.6 is 11.3 Å². The zero-order valence-corrected chi connectivity index (χ0v) is 8.84. The van der Waals surface area contributed by atoms with E-state index in [1.165, 1.54) is 17.4 Å². The molecule has 4 heteroatoms. The number of carbonyl (C=O) groups excluding carboxylic acids is 1. The van der Waals surface area contributed by atoms with E-state index in [2.05, 4.69) is 4.98 Å². The van der Waals surface area contributed by atoms with E-state index in [4.69, 9.17) is 0 Å². The third-order valence-electron chi connectivity index (χ3n) is 2.04. The summed E-state index contributed by atoms with van der Waals surface area (Å²) < 4.78 is 13.4. The van der Waals surface area contributed by atoms with Crippen LogP contribution in [-0.4, -0.2) is 11.3 Å². The van der Waals surface area contributed by atoms with Gasteiger partial charge in [-0.2, -0.15) is 0 Å². The van der Waals surface area contributed by atoms with Gasteiger partial charge in [0.05, 0.1) is 10.6 Å². The molecule has 0 amide bonds. The second-order valence-corrected chi connectivity index (χ2v) is 4.10. The van der Waals surface area contributed by atoms with Gasteiger partial charge in [0.1, 0.15) is 10.8 Å². The van der Waals surface area contributed by atoms with Gasteiger partial charge in [-0.25, -0.2) is 9.37 Å². The molecule has 2 nitrogen and oxygen atoms in total. The predicted molar refractivity (Wildman–Crippen MR) is 57.6 cm³/mol. The SMILES string of the molecule is Cc1nc(-c2ccccc2F)sc1C=O. The summed E-state index contributed by atoms with van der Waals surface area (Å²) in [6, 6.07) is 6.41. The van der Waals surface area contributed by atoms with Gasteiger partial charge in [0.25, 0.3) is 0 Å². The first-order valence-corrected chi connectivity index (χ1v) is 5.21. The van der Waals surface area contributed by atoms with E-state index in [0.717, 1.165) is 6.29 Å². The number of aryl methyl sites for hydroxylation is 1. The molecular formula is C11H8FNOS. The summed E-state index contributed by atoms with van der Waals surface area (Å²) in [5.74, 6) is -0.316. The Bertz CT molecular complexity index is 507. The van der Waals surface area contributed by atoms with Crippen molar-refractivity contribution in [3.63, 3.8) is 0 Å². The Hall–Kier alpha value is -1.55. The minimum absolute atomic E-state index is 0.316. The number of thiazole rings is 1. The fourth-order valence-electron chi connectivity index (χ4n) is 1.27. The highest BCUT2D eigenvalue weighted by atomic mass is 32.1. The lowest BCUT2D eigenvalue weighted by molar-refractivity contribution is 0.112. The maximum atomic E-state index is 13.4. The van der Waals surface area contributed by atoms with Gasteiger partial charge >= 0.3 is 0 Å². The van der Waals surface area contributed by atoms with Crippen LogP contribution in [0.2, 0.25) is 0 Å². The lowest BCUT2D eigenvalue weighted by atomic mass is 10.2. The third-order valence-corrected chi connectivity index (χ3v) is 3.16. The molecule has 15 heavy (non-hydrogen) atoms. The Morgan fingerprint density at radius 2 is 2.13 bits per heavy atom. The summed E-state index contributed by atoms with van der Waals surface area (Å²) in [4.78, 5) is 15.3. The van der Waals surface area contributed by atoms with E-state index in [9.17, 15) is 9.18 Å². The fraction of sp³-hybridized carbons (Fsp3) is 0.0909. The van der Waals surface area contributed by atoms with Crippen molar-refractivity contribution < 1.29 is 9.18 Å². The van der Waals surface area contributed by atoms with Gasteiger partial charge < -0.3 is 0 Å². The van der Waals surface area contributed by atoms with Crippen LogP contribution < -0.4 is 0 Å². The molecule has 2 aromatic rings. The Labute approximate surface area is 90.4 Å². The number of halogens is 1. The number of hydrogen-bond acceptors (Lipinski definition) is 3. The summed E-state index contributed by atoms with van der Waals surface area (Å²) in [5, 5.41) is 0.549. The lowest BCUT2D eigenvalue weighted by Gasteiger charge is -1.96. The molecule has 0 saturated heterocycles. The van der Waals surface area contributed by atoms with Crippen LogP contribution in [0.1, 0.15) is 15.4 Å². The molecule has 0 atom stereocenters. The highest BCUT2D eigenvalue weighted by molar-refractivity contribution is 7.16. The van der Waals surface area contributed by atoms with E-state index in [0.29, 0.717) is 21.1 Å². The van der Waals surface area contributed by atoms with E-state index in [1.54, 1.807) is 25.1 Å². The van der Waals surface area contributed by atoms with Gasteiger partial charge in [-0.1, -0.05) is 12.1 Å². The molecule has 1 aromatic heterocycles. The molecule has 0 saturated carbocycles. The molecule has 2 rings (SSSR count). The molecule has 0 bridgehead atoms. The molecule has 1 aromatic carbocycles. The third kappa shape index (κ3) is 1.80. The number of nitrogens with zero attached hydrogens (tertiary/aromatic N) is 1. The summed E-state index contributed by atoms with van der Waals surface area (Å²) in [6.07, 6.45) is 0.747. The maximum Gasteiger partial charge on any atom is 0.161 e. The van der Waals surface area contributed by atoms with Gasteiger partial charge in [0.15, 0.2) is 6.29 Å². The molecule has 1 heterocycles. The van der Waals surface area contributed by atoms with Crippen molar-refractivity contribution in [2.45, 2.75) is 6.92 Å². The molecule has 0 spiro atoms. The standard InChI is InChI=1S/C11H8FNOS/c1-7-10(6-14)15-11(13-7)8-4-2-3-5-9(8)12/h2-6H,1H3. The normalized spacial score (nSPS) is 10.3. The number of benzene rings is 1. The number of aromatic nitrogens is 1. The van der Waals surface area contributed by atoms with Crippen LogP contribution in [0.5, 0.6) is 0 Å². The number of carbonyl (C=O) groups is 1. The smallest absolute Gasteiger partial charge is 0.161 e. The summed E-state index contributed by atoms with van der Waals surface area (Å²) in [7, 11) is 0. The van der Waals surface area contributed by atoms with Gasteiger partial charge in [-0.3, -0.25) is 4.79 Å². The molecular weight excluding hydrogens is 213 g/mol. The van der Waals surface area contributed by atoms with Crippen LogP contribution in [0.15, 0.2) is 24.3 Å². The van der Waals surface area contributed by atoms with Crippen LogP contribution in [-0.2, 0) is 0 Å². The highest BCUT2D eigenvalue weighted by Crippen LogP contribution is 2.28. The number of rotatable bonds is 2. The van der Waals surface area contributed by atoms with Crippen molar-refractivity contribution in [3.8, 4) is 10.6 Å². The Kier molecular flexibility index (Phi) is 2.60. The maximum absolute atomic E-state index is 13.4. The van der Waals surface area contributed by atoms with Crippen molar-refractivity contribution in [1.82, 2.24) is 4.98 Å². The molecule has 0 radical (unpaired) electrons. The van der Waals surface area contributed by atoms with E-state index >= 15 is 0 Å². The van der Waals surface area contributed by atoms with Gasteiger partial charge in [-0.05, 0) is 19.1 Å². The van der Waals surface area contributed by atoms with E-state index in [1.807, 2.05) is 0 Å². The molecule has 0 fully saturated rings. The molecule has 0 unspecified atom stereocenters. The quantitative estimate of drug-likeness (QED) is 0.729.